The lowest BCUT2D eigenvalue weighted by Crippen LogP contribution is -2.56. The summed E-state index contributed by atoms with van der Waals surface area (Å²) in [6.45, 7) is 4.42. The summed E-state index contributed by atoms with van der Waals surface area (Å²) in [6.07, 6.45) is 6.03. The van der Waals surface area contributed by atoms with Gasteiger partial charge in [-0.1, -0.05) is 30.8 Å². The van der Waals surface area contributed by atoms with Crippen LogP contribution in [0.1, 0.15) is 53.7 Å². The van der Waals surface area contributed by atoms with Crippen molar-refractivity contribution in [2.75, 3.05) is 0 Å². The molecule has 4 fully saturated rings. The zero-order valence-electron chi connectivity index (χ0n) is 21.4. The molecule has 1 unspecified atom stereocenters. The summed E-state index contributed by atoms with van der Waals surface area (Å²) >= 11 is 0.0175. The predicted molar refractivity (Wildman–Crippen MR) is 153 cm³/mol. The third-order valence-electron chi connectivity index (χ3n) is 9.81. The van der Waals surface area contributed by atoms with E-state index in [2.05, 4.69) is 18.0 Å². The Labute approximate surface area is 234 Å². The minimum atomic E-state index is -1.76. The molecule has 4 saturated carbocycles. The second-order valence-electron chi connectivity index (χ2n) is 11.7. The Kier molecular flexibility index (Phi) is 5.05. The molecule has 39 heavy (non-hydrogen) atoms. The van der Waals surface area contributed by atoms with Crippen LogP contribution in [0.2, 0.25) is 0 Å². The van der Waals surface area contributed by atoms with E-state index in [1.54, 1.807) is 41.7 Å². The minimum Gasteiger partial charge on any atom is -0.494 e. The van der Waals surface area contributed by atoms with E-state index in [-0.39, 0.29) is 17.2 Å². The van der Waals surface area contributed by atoms with Crippen molar-refractivity contribution >= 4 is 28.0 Å². The van der Waals surface area contributed by atoms with Gasteiger partial charge in [0.25, 0.3) is 0 Å². The number of hydrogen-bond acceptors (Lipinski definition) is 5. The van der Waals surface area contributed by atoms with Crippen LogP contribution in [-0.4, -0.2) is 19.0 Å². The van der Waals surface area contributed by atoms with Crippen LogP contribution in [-0.2, 0) is 16.5 Å². The number of rotatable bonds is 4. The number of fused-ring (bicyclic) bond motifs is 2. The Hall–Kier alpha value is -3.29. The number of hydrogen-bond donors (Lipinski definition) is 2. The number of para-hydroxylation sites is 1. The van der Waals surface area contributed by atoms with Crippen LogP contribution in [0.15, 0.2) is 77.5 Å². The van der Waals surface area contributed by atoms with Gasteiger partial charge in [0.15, 0.2) is 0 Å². The number of aromatic hydroxyl groups is 2. The van der Waals surface area contributed by atoms with Gasteiger partial charge in [0.1, 0.15) is 5.75 Å². The van der Waals surface area contributed by atoms with E-state index in [0.717, 1.165) is 28.5 Å². The molecule has 198 valence electrons. The molecule has 0 aliphatic heterocycles. The van der Waals surface area contributed by atoms with Gasteiger partial charge in [0.2, 0.25) is 22.8 Å². The van der Waals surface area contributed by atoms with Gasteiger partial charge >= 0.3 is 0 Å². The highest BCUT2D eigenvalue weighted by Gasteiger charge is 2.63. The first kappa shape index (κ1) is 23.6. The van der Waals surface area contributed by atoms with Crippen LogP contribution in [0.25, 0.3) is 11.3 Å². The van der Waals surface area contributed by atoms with Crippen LogP contribution in [0.5, 0.6) is 17.5 Å². The lowest BCUT2D eigenvalue weighted by Gasteiger charge is -2.62. The van der Waals surface area contributed by atoms with Crippen molar-refractivity contribution in [3.8, 4) is 23.2 Å². The number of aromatic nitrogens is 1. The van der Waals surface area contributed by atoms with Gasteiger partial charge in [-0.25, -0.2) is 4.21 Å². The molecule has 0 saturated heterocycles. The first-order valence-electron chi connectivity index (χ1n) is 13.7. The van der Waals surface area contributed by atoms with E-state index in [4.69, 9.17) is 4.18 Å². The van der Waals surface area contributed by atoms with Crippen molar-refractivity contribution in [1.82, 2.24) is 4.57 Å². The number of thiophene rings is 1. The molecule has 5 nitrogen and oxygen atoms in total. The topological polar surface area (TPSA) is 71.7 Å². The monoisotopic (exact) mass is 555 g/mol. The number of benzene rings is 2. The van der Waals surface area contributed by atoms with Gasteiger partial charge in [0.05, 0.1) is 16.1 Å². The molecular weight excluding hydrogens is 526 g/mol. The maximum absolute atomic E-state index is 13.1. The third kappa shape index (κ3) is 3.14. The molecule has 0 amide bonds. The van der Waals surface area contributed by atoms with Crippen LogP contribution in [0, 0.1) is 23.7 Å². The van der Waals surface area contributed by atoms with Gasteiger partial charge < -0.3 is 14.4 Å². The summed E-state index contributed by atoms with van der Waals surface area (Å²) < 4.78 is 20.3. The average Bonchev–Trinajstić information content (AvgIpc) is 3.53. The second-order valence-corrected chi connectivity index (χ2v) is 13.7. The fraction of sp³-hybridized carbons (Fsp3) is 0.312. The van der Waals surface area contributed by atoms with E-state index in [9.17, 15) is 14.4 Å². The summed E-state index contributed by atoms with van der Waals surface area (Å²) in [5.74, 6) is 2.99. The quantitative estimate of drug-likeness (QED) is 0.280. The summed E-state index contributed by atoms with van der Waals surface area (Å²) in [5.41, 5.74) is 3.62. The number of nitrogens with zero attached hydrogens (tertiary/aromatic N) is 1. The van der Waals surface area contributed by atoms with Crippen LogP contribution in [0.3, 0.4) is 0 Å². The Morgan fingerprint density at radius 2 is 1.64 bits per heavy atom. The van der Waals surface area contributed by atoms with Crippen molar-refractivity contribution in [2.24, 2.45) is 23.7 Å². The summed E-state index contributed by atoms with van der Waals surface area (Å²) in [7, 11) is 0. The fourth-order valence-electron chi connectivity index (χ4n) is 8.63. The SMILES string of the molecule is C=C1c2ccsc2C2(c3c1c(O)n(-c1cccc(S(=O)Oc4ccccc4)c1)c3O)C1CC3CC(C1)CC2C3. The van der Waals surface area contributed by atoms with Crippen LogP contribution >= 0.6 is 11.3 Å². The highest BCUT2D eigenvalue weighted by Crippen LogP contribution is 2.71. The molecular formula is C32H29NO4S2. The molecule has 9 rings (SSSR count). The minimum absolute atomic E-state index is 0.00978. The van der Waals surface area contributed by atoms with E-state index < -0.39 is 11.1 Å². The molecule has 2 aromatic heterocycles. The first-order chi connectivity index (χ1) is 19.0. The van der Waals surface area contributed by atoms with Gasteiger partial charge in [-0.05, 0) is 109 Å². The highest BCUT2D eigenvalue weighted by molar-refractivity contribution is 7.80. The average molecular weight is 556 g/mol. The van der Waals surface area contributed by atoms with Gasteiger partial charge in [-0.3, -0.25) is 4.57 Å². The lowest BCUT2D eigenvalue weighted by molar-refractivity contribution is -0.0417. The van der Waals surface area contributed by atoms with E-state index in [1.807, 2.05) is 24.3 Å². The fourth-order valence-corrected chi connectivity index (χ4v) is 10.7. The molecule has 2 aromatic carbocycles. The van der Waals surface area contributed by atoms with Crippen molar-refractivity contribution in [3.63, 3.8) is 0 Å². The zero-order chi connectivity index (χ0) is 26.5. The molecule has 2 heterocycles. The highest BCUT2D eigenvalue weighted by atomic mass is 32.2. The van der Waals surface area contributed by atoms with Crippen LogP contribution < -0.4 is 4.18 Å². The van der Waals surface area contributed by atoms with Gasteiger partial charge in [0, 0.05) is 15.9 Å². The van der Waals surface area contributed by atoms with Gasteiger partial charge in [-0.15, -0.1) is 11.3 Å². The molecule has 4 aromatic rings. The first-order valence-corrected chi connectivity index (χ1v) is 15.6. The van der Waals surface area contributed by atoms with Crippen molar-refractivity contribution in [3.05, 3.63) is 94.2 Å². The normalized spacial score (nSPS) is 28.9. The summed E-state index contributed by atoms with van der Waals surface area (Å²) in [5, 5.41) is 26.0. The molecule has 1 atom stereocenters. The standard InChI is InChI=1S/C32H29NO4S2/c1-18-26-10-11-38-29(26)32(21-13-19-12-20(15-21)16-22(32)14-19)28-27(18)30(34)33(31(28)35)23-6-5-9-25(17-23)39(36)37-24-7-3-2-4-8-24/h2-11,17,19-22,34-35H,1,12-16H2. The third-order valence-corrected chi connectivity index (χ3v) is 11.9. The smallest absolute Gasteiger partial charge is 0.240 e. The maximum Gasteiger partial charge on any atom is 0.240 e. The Morgan fingerprint density at radius 1 is 0.923 bits per heavy atom. The van der Waals surface area contributed by atoms with Crippen molar-refractivity contribution in [2.45, 2.75) is 42.4 Å². The Balaban J connectivity index is 1.29. The molecule has 4 bridgehead atoms. The molecule has 5 aliphatic rings. The second kappa shape index (κ2) is 8.35. The van der Waals surface area contributed by atoms with Crippen molar-refractivity contribution < 1.29 is 18.6 Å². The summed E-state index contributed by atoms with van der Waals surface area (Å²) in [4.78, 5) is 1.76. The van der Waals surface area contributed by atoms with Crippen LogP contribution in [0.4, 0.5) is 0 Å². The van der Waals surface area contributed by atoms with E-state index >= 15 is 0 Å². The molecule has 0 radical (unpaired) electrons. The molecule has 7 heteroatoms. The molecule has 1 spiro atoms. The Bertz CT molecular complexity index is 1640. The molecule has 5 aliphatic carbocycles. The molecule has 2 N–H and O–H groups in total. The van der Waals surface area contributed by atoms with E-state index in [0.29, 0.717) is 33.7 Å². The zero-order valence-corrected chi connectivity index (χ0v) is 23.0. The lowest BCUT2D eigenvalue weighted by atomic mass is 9.42. The largest absolute Gasteiger partial charge is 0.494 e. The van der Waals surface area contributed by atoms with Gasteiger partial charge in [-0.2, -0.15) is 0 Å². The van der Waals surface area contributed by atoms with Crippen molar-refractivity contribution in [1.29, 1.82) is 0 Å². The Morgan fingerprint density at radius 3 is 2.36 bits per heavy atom. The van der Waals surface area contributed by atoms with E-state index in [1.165, 1.54) is 41.5 Å². The maximum atomic E-state index is 13.1. The predicted octanol–water partition coefficient (Wildman–Crippen LogP) is 7.17. The summed E-state index contributed by atoms with van der Waals surface area (Å²) in [6, 6.07) is 18.2.